The molecule has 0 aromatic carbocycles. The first kappa shape index (κ1) is 27.8. The van der Waals surface area contributed by atoms with Gasteiger partial charge in [0.2, 0.25) is 0 Å². The molecule has 0 radical (unpaired) electrons. The van der Waals surface area contributed by atoms with Crippen molar-refractivity contribution in [3.8, 4) is 0 Å². The Kier molecular flexibility index (Phi) is 16.4. The first-order chi connectivity index (χ1) is 13.4. The molecule has 0 aliphatic heterocycles. The summed E-state index contributed by atoms with van der Waals surface area (Å²) in [7, 11) is 0. The first-order valence-electron chi connectivity index (χ1n) is 11.4. The number of hydrogen-bond donors (Lipinski definition) is 3. The van der Waals surface area contributed by atoms with Crippen LogP contribution in [0.2, 0.25) is 0 Å². The maximum absolute atomic E-state index is 9.46. The highest BCUT2D eigenvalue weighted by Gasteiger charge is 2.34. The van der Waals surface area contributed by atoms with Crippen molar-refractivity contribution in [2.75, 3.05) is 26.4 Å². The van der Waals surface area contributed by atoms with Gasteiger partial charge >= 0.3 is 0 Å². The first-order valence-corrected chi connectivity index (χ1v) is 11.8. The summed E-state index contributed by atoms with van der Waals surface area (Å²) >= 11 is 5.57. The molecule has 0 heterocycles. The van der Waals surface area contributed by atoms with Crippen LogP contribution < -0.4 is 0 Å². The molecule has 0 fully saturated rings. The molecule has 1 unspecified atom stereocenters. The number of aliphatic hydroxyl groups excluding tert-OH is 3. The third-order valence-electron chi connectivity index (χ3n) is 5.89. The van der Waals surface area contributed by atoms with Crippen LogP contribution in [0.25, 0.3) is 0 Å². The monoisotopic (exact) mass is 418 g/mol. The van der Waals surface area contributed by atoms with E-state index < -0.39 is 5.41 Å². The number of thiocarbonyl (C=S) groups is 1. The van der Waals surface area contributed by atoms with Crippen LogP contribution in [0.5, 0.6) is 0 Å². The maximum Gasteiger partial charge on any atom is 0.165 e. The van der Waals surface area contributed by atoms with Gasteiger partial charge in [0.05, 0.1) is 25.2 Å². The van der Waals surface area contributed by atoms with Crippen molar-refractivity contribution in [3.63, 3.8) is 0 Å². The van der Waals surface area contributed by atoms with Gasteiger partial charge in [-0.1, -0.05) is 91.4 Å². The van der Waals surface area contributed by atoms with Gasteiger partial charge in [0.1, 0.15) is 6.61 Å². The molecule has 0 rings (SSSR count). The standard InChI is InChI=1S/C23H46O4S/c1-4-6-7-8-9-10-11-12-13-14-16-22(3,15-5-2)21(28)27-20-23(17-24,18-25)19-26/h24-26H,4-20H2,1-3H3. The molecule has 168 valence electrons. The molecular weight excluding hydrogens is 372 g/mol. The van der Waals surface area contributed by atoms with Gasteiger partial charge in [-0.05, 0) is 25.1 Å². The molecule has 28 heavy (non-hydrogen) atoms. The number of hydrogen-bond acceptors (Lipinski definition) is 5. The van der Waals surface area contributed by atoms with E-state index in [9.17, 15) is 15.3 Å². The SMILES string of the molecule is CCCCCCCCCCCCC(C)(CCC)C(=S)OCC(CO)(CO)CO. The number of unbranched alkanes of at least 4 members (excludes halogenated alkanes) is 9. The van der Waals surface area contributed by atoms with Crippen LogP contribution >= 0.6 is 12.2 Å². The van der Waals surface area contributed by atoms with Crippen LogP contribution in [0.1, 0.15) is 104 Å². The lowest BCUT2D eigenvalue weighted by atomic mass is 9.81. The Morgan fingerprint density at radius 1 is 0.714 bits per heavy atom. The van der Waals surface area contributed by atoms with Gasteiger partial charge in [-0.3, -0.25) is 0 Å². The Bertz CT molecular complexity index is 377. The number of rotatable bonds is 19. The highest BCUT2D eigenvalue weighted by molar-refractivity contribution is 7.80. The van der Waals surface area contributed by atoms with Gasteiger partial charge in [0.15, 0.2) is 5.05 Å². The molecule has 0 bridgehead atoms. The zero-order valence-electron chi connectivity index (χ0n) is 18.7. The zero-order chi connectivity index (χ0) is 21.3. The van der Waals surface area contributed by atoms with E-state index in [-0.39, 0.29) is 31.8 Å². The predicted octanol–water partition coefficient (Wildman–Crippen LogP) is 5.41. The summed E-state index contributed by atoms with van der Waals surface area (Å²) in [5.41, 5.74) is -1.20. The van der Waals surface area contributed by atoms with E-state index in [4.69, 9.17) is 17.0 Å². The average molecular weight is 419 g/mol. The minimum absolute atomic E-state index is 0.0483. The summed E-state index contributed by atoms with van der Waals surface area (Å²) in [6.45, 7) is 5.63. The Balaban J connectivity index is 4.23. The summed E-state index contributed by atoms with van der Waals surface area (Å²) in [6.07, 6.45) is 16.1. The summed E-state index contributed by atoms with van der Waals surface area (Å²) in [6, 6.07) is 0. The van der Waals surface area contributed by atoms with E-state index in [0.717, 1.165) is 25.7 Å². The van der Waals surface area contributed by atoms with Gasteiger partial charge < -0.3 is 20.1 Å². The summed E-state index contributed by atoms with van der Waals surface area (Å²) in [5, 5.41) is 28.9. The number of ether oxygens (including phenoxy) is 1. The van der Waals surface area contributed by atoms with Crippen LogP contribution in [0, 0.1) is 10.8 Å². The van der Waals surface area contributed by atoms with E-state index in [1.165, 1.54) is 57.8 Å². The summed E-state index contributed by atoms with van der Waals surface area (Å²) < 4.78 is 5.79. The topological polar surface area (TPSA) is 69.9 Å². The molecule has 0 saturated heterocycles. The molecule has 4 nitrogen and oxygen atoms in total. The molecule has 0 aliphatic carbocycles. The minimum atomic E-state index is -1.03. The van der Waals surface area contributed by atoms with Crippen molar-refractivity contribution >= 4 is 17.3 Å². The zero-order valence-corrected chi connectivity index (χ0v) is 19.5. The second kappa shape index (κ2) is 16.6. The Morgan fingerprint density at radius 3 is 1.61 bits per heavy atom. The van der Waals surface area contributed by atoms with E-state index in [0.29, 0.717) is 5.05 Å². The fourth-order valence-corrected chi connectivity index (χ4v) is 3.83. The third-order valence-corrected chi connectivity index (χ3v) is 6.50. The van der Waals surface area contributed by atoms with E-state index in [1.54, 1.807) is 0 Å². The molecular formula is C23H46O4S. The minimum Gasteiger partial charge on any atom is -0.486 e. The third kappa shape index (κ3) is 11.1. The highest BCUT2D eigenvalue weighted by atomic mass is 32.1. The van der Waals surface area contributed by atoms with E-state index >= 15 is 0 Å². The lowest BCUT2D eigenvalue weighted by Gasteiger charge is -2.33. The van der Waals surface area contributed by atoms with E-state index in [1.807, 2.05) is 0 Å². The average Bonchev–Trinajstić information content (AvgIpc) is 2.71. The second-order valence-corrected chi connectivity index (χ2v) is 9.16. The second-order valence-electron chi connectivity index (χ2n) is 8.79. The normalized spacial score (nSPS) is 14.1. The van der Waals surface area contributed by atoms with Crippen molar-refractivity contribution in [1.29, 1.82) is 0 Å². The Labute approximate surface area is 179 Å². The van der Waals surface area contributed by atoms with Gasteiger partial charge in [0.25, 0.3) is 0 Å². The van der Waals surface area contributed by atoms with Gasteiger partial charge in [-0.15, -0.1) is 0 Å². The maximum atomic E-state index is 9.46. The number of aliphatic hydroxyl groups is 3. The molecule has 0 saturated carbocycles. The van der Waals surface area contributed by atoms with Crippen molar-refractivity contribution in [3.05, 3.63) is 0 Å². The lowest BCUT2D eigenvalue weighted by molar-refractivity contribution is -0.0312. The summed E-state index contributed by atoms with van der Waals surface area (Å²) in [5.74, 6) is 0. The molecule has 0 aliphatic rings. The van der Waals surface area contributed by atoms with Crippen molar-refractivity contribution < 1.29 is 20.1 Å². The van der Waals surface area contributed by atoms with Crippen molar-refractivity contribution in [2.45, 2.75) is 104 Å². The van der Waals surface area contributed by atoms with Crippen molar-refractivity contribution in [2.24, 2.45) is 10.8 Å². The largest absolute Gasteiger partial charge is 0.486 e. The summed E-state index contributed by atoms with van der Waals surface area (Å²) in [4.78, 5) is 0. The molecule has 5 heteroatoms. The molecule has 1 atom stereocenters. The van der Waals surface area contributed by atoms with Crippen LogP contribution in [-0.2, 0) is 4.74 Å². The molecule has 0 spiro atoms. The molecule has 0 aromatic rings. The lowest BCUT2D eigenvalue weighted by Crippen LogP contribution is -2.41. The Morgan fingerprint density at radius 2 is 1.18 bits per heavy atom. The van der Waals surface area contributed by atoms with Crippen LogP contribution in [0.4, 0.5) is 0 Å². The van der Waals surface area contributed by atoms with Gasteiger partial charge in [0, 0.05) is 5.41 Å². The molecule has 3 N–H and O–H groups in total. The van der Waals surface area contributed by atoms with Gasteiger partial charge in [-0.2, -0.15) is 0 Å². The van der Waals surface area contributed by atoms with Crippen LogP contribution in [-0.4, -0.2) is 46.8 Å². The van der Waals surface area contributed by atoms with Crippen molar-refractivity contribution in [1.82, 2.24) is 0 Å². The fourth-order valence-electron chi connectivity index (χ4n) is 3.56. The quantitative estimate of drug-likeness (QED) is 0.193. The van der Waals surface area contributed by atoms with Crippen LogP contribution in [0.3, 0.4) is 0 Å². The highest BCUT2D eigenvalue weighted by Crippen LogP contribution is 2.33. The predicted molar refractivity (Wildman–Crippen MR) is 122 cm³/mol. The molecule has 0 amide bonds. The Hall–Kier alpha value is -0.230. The fraction of sp³-hybridized carbons (Fsp3) is 0.957. The smallest absolute Gasteiger partial charge is 0.165 e. The van der Waals surface area contributed by atoms with Gasteiger partial charge in [-0.25, -0.2) is 0 Å². The van der Waals surface area contributed by atoms with E-state index in [2.05, 4.69) is 20.8 Å². The van der Waals surface area contributed by atoms with Crippen LogP contribution in [0.15, 0.2) is 0 Å². The molecule has 0 aromatic heterocycles.